The molecule has 0 radical (unpaired) electrons. The van der Waals surface area contributed by atoms with E-state index in [9.17, 15) is 18.0 Å². The number of carbonyl (C=O) groups is 1. The number of amides is 1. The summed E-state index contributed by atoms with van der Waals surface area (Å²) in [4.78, 5) is 12.2. The van der Waals surface area contributed by atoms with Crippen LogP contribution in [-0.4, -0.2) is 11.1 Å². The van der Waals surface area contributed by atoms with Gasteiger partial charge in [-0.15, -0.1) is 0 Å². The Labute approximate surface area is 131 Å². The van der Waals surface area contributed by atoms with Gasteiger partial charge in [-0.25, -0.2) is 0 Å². The van der Waals surface area contributed by atoms with Crippen LogP contribution in [0.4, 0.5) is 18.9 Å². The van der Waals surface area contributed by atoms with Crippen LogP contribution >= 0.6 is 0 Å². The first-order chi connectivity index (χ1) is 10.9. The monoisotopic (exact) mass is 324 g/mol. The summed E-state index contributed by atoms with van der Waals surface area (Å²) in [5.41, 5.74) is -0.254. The highest BCUT2D eigenvalue weighted by Gasteiger charge is 2.30. The summed E-state index contributed by atoms with van der Waals surface area (Å²) in [6.07, 6.45) is 1.95. The van der Waals surface area contributed by atoms with Gasteiger partial charge >= 0.3 is 6.18 Å². The molecule has 1 aromatic heterocycles. The van der Waals surface area contributed by atoms with Gasteiger partial charge in [0.25, 0.3) is 5.91 Å². The SMILES string of the molecule is CCC=CCc1oncc1C(=O)Nc1ccc(C(F)(F)F)cc1. The van der Waals surface area contributed by atoms with Crippen LogP contribution in [0.3, 0.4) is 0 Å². The Morgan fingerprint density at radius 1 is 1.26 bits per heavy atom. The van der Waals surface area contributed by atoms with Crippen LogP contribution in [0.1, 0.15) is 35.0 Å². The second-order valence-corrected chi connectivity index (χ2v) is 4.78. The molecule has 0 saturated carbocycles. The highest BCUT2D eigenvalue weighted by molar-refractivity contribution is 6.04. The first kappa shape index (κ1) is 16.8. The molecule has 2 aromatic rings. The Morgan fingerprint density at radius 2 is 1.96 bits per heavy atom. The van der Waals surface area contributed by atoms with Gasteiger partial charge in [0.05, 0.1) is 11.8 Å². The van der Waals surface area contributed by atoms with Crippen molar-refractivity contribution in [1.29, 1.82) is 0 Å². The molecule has 1 amide bonds. The lowest BCUT2D eigenvalue weighted by atomic mass is 10.1. The third kappa shape index (κ3) is 4.45. The second-order valence-electron chi connectivity index (χ2n) is 4.78. The molecule has 0 fully saturated rings. The predicted octanol–water partition coefficient (Wildman–Crippen LogP) is 4.45. The molecule has 122 valence electrons. The molecule has 0 aliphatic carbocycles. The number of hydrogen-bond acceptors (Lipinski definition) is 3. The maximum absolute atomic E-state index is 12.5. The fourth-order valence-electron chi connectivity index (χ4n) is 1.89. The fourth-order valence-corrected chi connectivity index (χ4v) is 1.89. The maximum Gasteiger partial charge on any atom is 0.416 e. The number of aromatic nitrogens is 1. The molecule has 1 N–H and O–H groups in total. The Kier molecular flexibility index (Phi) is 5.20. The maximum atomic E-state index is 12.5. The van der Waals surface area contributed by atoms with Gasteiger partial charge in [-0.05, 0) is 30.7 Å². The van der Waals surface area contributed by atoms with Gasteiger partial charge in [0.1, 0.15) is 5.56 Å². The topological polar surface area (TPSA) is 55.1 Å². The lowest BCUT2D eigenvalue weighted by molar-refractivity contribution is -0.137. The van der Waals surface area contributed by atoms with Gasteiger partial charge < -0.3 is 9.84 Å². The molecule has 0 unspecified atom stereocenters. The Balaban J connectivity index is 2.08. The number of allylic oxidation sites excluding steroid dienone is 2. The van der Waals surface area contributed by atoms with Crippen molar-refractivity contribution in [2.75, 3.05) is 5.32 Å². The Hall–Kier alpha value is -2.57. The molecule has 0 spiro atoms. The molecule has 23 heavy (non-hydrogen) atoms. The van der Waals surface area contributed by atoms with Gasteiger partial charge in [-0.1, -0.05) is 24.2 Å². The number of alkyl halides is 3. The molecule has 0 aliphatic rings. The molecule has 0 aliphatic heterocycles. The van der Waals surface area contributed by atoms with E-state index in [2.05, 4.69) is 10.5 Å². The fraction of sp³-hybridized carbons (Fsp3) is 0.250. The van der Waals surface area contributed by atoms with Crippen LogP contribution in [0.2, 0.25) is 0 Å². The van der Waals surface area contributed by atoms with Crippen LogP contribution < -0.4 is 5.32 Å². The van der Waals surface area contributed by atoms with Crippen LogP contribution in [0.15, 0.2) is 47.1 Å². The van der Waals surface area contributed by atoms with Crippen molar-refractivity contribution < 1.29 is 22.5 Å². The van der Waals surface area contributed by atoms with Crippen LogP contribution in [0.25, 0.3) is 0 Å². The van der Waals surface area contributed by atoms with E-state index in [1.165, 1.54) is 18.3 Å². The molecule has 1 aromatic carbocycles. The largest absolute Gasteiger partial charge is 0.416 e. The summed E-state index contributed by atoms with van der Waals surface area (Å²) in [6, 6.07) is 4.22. The van der Waals surface area contributed by atoms with Crippen LogP contribution in [0, 0.1) is 0 Å². The van der Waals surface area contributed by atoms with E-state index in [0.29, 0.717) is 12.2 Å². The minimum atomic E-state index is -4.41. The van der Waals surface area contributed by atoms with E-state index in [1.807, 2.05) is 19.1 Å². The zero-order valence-corrected chi connectivity index (χ0v) is 12.4. The molecule has 0 bridgehead atoms. The van der Waals surface area contributed by atoms with Gasteiger partial charge in [-0.2, -0.15) is 13.2 Å². The van der Waals surface area contributed by atoms with E-state index in [1.54, 1.807) is 0 Å². The Bertz CT molecular complexity index is 688. The summed E-state index contributed by atoms with van der Waals surface area (Å²) < 4.78 is 42.5. The number of benzene rings is 1. The van der Waals surface area contributed by atoms with E-state index < -0.39 is 17.6 Å². The Morgan fingerprint density at radius 3 is 2.57 bits per heavy atom. The van der Waals surface area contributed by atoms with E-state index in [-0.39, 0.29) is 11.3 Å². The van der Waals surface area contributed by atoms with Gasteiger partial charge in [0, 0.05) is 12.1 Å². The standard InChI is InChI=1S/C16H15F3N2O2/c1-2-3-4-5-14-13(10-20-23-14)15(22)21-12-8-6-11(7-9-12)16(17,18)19/h3-4,6-10H,2,5H2,1H3,(H,21,22). The van der Waals surface area contributed by atoms with Crippen molar-refractivity contribution in [2.24, 2.45) is 0 Å². The number of nitrogens with one attached hydrogen (secondary N) is 1. The first-order valence-corrected chi connectivity index (χ1v) is 6.99. The smallest absolute Gasteiger partial charge is 0.360 e. The zero-order valence-electron chi connectivity index (χ0n) is 12.4. The van der Waals surface area contributed by atoms with Crippen LogP contribution in [0.5, 0.6) is 0 Å². The molecular formula is C16H15F3N2O2. The molecule has 0 saturated heterocycles. The highest BCUT2D eigenvalue weighted by Crippen LogP contribution is 2.29. The molecule has 1 heterocycles. The minimum Gasteiger partial charge on any atom is -0.360 e. The van der Waals surface area contributed by atoms with E-state index in [0.717, 1.165) is 18.6 Å². The van der Waals surface area contributed by atoms with Crippen molar-refractivity contribution in [3.8, 4) is 0 Å². The number of anilines is 1. The van der Waals surface area contributed by atoms with Gasteiger partial charge in [-0.3, -0.25) is 4.79 Å². The number of hydrogen-bond donors (Lipinski definition) is 1. The molecule has 7 heteroatoms. The lowest BCUT2D eigenvalue weighted by Gasteiger charge is -2.08. The van der Waals surface area contributed by atoms with Gasteiger partial charge in [0.15, 0.2) is 5.76 Å². The lowest BCUT2D eigenvalue weighted by Crippen LogP contribution is -2.13. The number of rotatable bonds is 5. The van der Waals surface area contributed by atoms with Crippen molar-refractivity contribution in [2.45, 2.75) is 25.9 Å². The van der Waals surface area contributed by atoms with Crippen molar-refractivity contribution >= 4 is 11.6 Å². The average molecular weight is 324 g/mol. The van der Waals surface area contributed by atoms with E-state index in [4.69, 9.17) is 4.52 Å². The summed E-state index contributed by atoms with van der Waals surface area (Å²) in [7, 11) is 0. The summed E-state index contributed by atoms with van der Waals surface area (Å²) in [6.45, 7) is 1.98. The zero-order chi connectivity index (χ0) is 16.9. The third-order valence-electron chi connectivity index (χ3n) is 3.07. The summed E-state index contributed by atoms with van der Waals surface area (Å²) in [5, 5.41) is 6.11. The molecule has 2 rings (SSSR count). The van der Waals surface area contributed by atoms with Crippen molar-refractivity contribution in [1.82, 2.24) is 5.16 Å². The number of carbonyl (C=O) groups excluding carboxylic acids is 1. The van der Waals surface area contributed by atoms with Crippen molar-refractivity contribution in [3.05, 3.63) is 59.5 Å². The normalized spacial score (nSPS) is 11.8. The average Bonchev–Trinajstić information content (AvgIpc) is 2.96. The van der Waals surface area contributed by atoms with Gasteiger partial charge in [0.2, 0.25) is 0 Å². The molecular weight excluding hydrogens is 309 g/mol. The molecule has 4 nitrogen and oxygen atoms in total. The number of nitrogens with zero attached hydrogens (tertiary/aromatic N) is 1. The third-order valence-corrected chi connectivity index (χ3v) is 3.07. The van der Waals surface area contributed by atoms with E-state index >= 15 is 0 Å². The first-order valence-electron chi connectivity index (χ1n) is 6.99. The minimum absolute atomic E-state index is 0.255. The summed E-state index contributed by atoms with van der Waals surface area (Å²) in [5.74, 6) is -0.0787. The summed E-state index contributed by atoms with van der Waals surface area (Å²) >= 11 is 0. The predicted molar refractivity (Wildman–Crippen MR) is 79.0 cm³/mol. The quantitative estimate of drug-likeness (QED) is 0.827. The number of halogens is 3. The van der Waals surface area contributed by atoms with Crippen LogP contribution in [-0.2, 0) is 12.6 Å². The van der Waals surface area contributed by atoms with Crippen molar-refractivity contribution in [3.63, 3.8) is 0 Å². The highest BCUT2D eigenvalue weighted by atomic mass is 19.4. The molecule has 0 atom stereocenters. The second kappa shape index (κ2) is 7.13.